The Balaban J connectivity index is 1.40. The van der Waals surface area contributed by atoms with Crippen LogP contribution in [0.2, 0.25) is 0 Å². The minimum absolute atomic E-state index is 0.173. The summed E-state index contributed by atoms with van der Waals surface area (Å²) in [5, 5.41) is 19.8. The van der Waals surface area contributed by atoms with E-state index in [1.807, 2.05) is 37.3 Å². The number of hydrogen-bond acceptors (Lipinski definition) is 9. The number of hydrogen-bond donors (Lipinski definition) is 1. The second kappa shape index (κ2) is 9.83. The standard InChI is InChI=1S/C20H20N8O2S2/c1-13-18(32-19(22-13)14-6-4-3-5-7-14)15-8-9-17(30)28(24-15)11-10-21-16(29)12-31-20-23-25-26-27(20)2/h3-9H,10-12H2,1-2H3,(H,21,29). The van der Waals surface area contributed by atoms with Crippen molar-refractivity contribution >= 4 is 29.0 Å². The third kappa shape index (κ3) is 5.08. The van der Waals surface area contributed by atoms with Crippen LogP contribution < -0.4 is 10.9 Å². The number of benzene rings is 1. The summed E-state index contributed by atoms with van der Waals surface area (Å²) in [6, 6.07) is 13.1. The van der Waals surface area contributed by atoms with Crippen LogP contribution in [-0.4, -0.2) is 53.2 Å². The lowest BCUT2D eigenvalue weighted by atomic mass is 10.2. The maximum atomic E-state index is 12.3. The van der Waals surface area contributed by atoms with Crippen LogP contribution in [0.4, 0.5) is 0 Å². The van der Waals surface area contributed by atoms with Crippen molar-refractivity contribution in [3.63, 3.8) is 0 Å². The van der Waals surface area contributed by atoms with E-state index in [1.54, 1.807) is 13.1 Å². The van der Waals surface area contributed by atoms with Crippen LogP contribution in [0.25, 0.3) is 21.1 Å². The van der Waals surface area contributed by atoms with E-state index < -0.39 is 0 Å². The first-order valence-electron chi connectivity index (χ1n) is 9.74. The van der Waals surface area contributed by atoms with Gasteiger partial charge in [-0.3, -0.25) is 9.59 Å². The summed E-state index contributed by atoms with van der Waals surface area (Å²) in [7, 11) is 1.71. The predicted molar refractivity (Wildman–Crippen MR) is 122 cm³/mol. The van der Waals surface area contributed by atoms with Crippen LogP contribution in [-0.2, 0) is 18.4 Å². The molecule has 0 fully saturated rings. The highest BCUT2D eigenvalue weighted by molar-refractivity contribution is 7.99. The van der Waals surface area contributed by atoms with Crippen LogP contribution in [0.1, 0.15) is 5.69 Å². The molecule has 0 saturated carbocycles. The molecule has 4 rings (SSSR count). The first-order valence-corrected chi connectivity index (χ1v) is 11.5. The lowest BCUT2D eigenvalue weighted by Crippen LogP contribution is -2.32. The molecule has 0 aliphatic carbocycles. The number of tetrazole rings is 1. The van der Waals surface area contributed by atoms with Crippen LogP contribution in [0.5, 0.6) is 0 Å². The lowest BCUT2D eigenvalue weighted by molar-refractivity contribution is -0.118. The molecule has 0 bridgehead atoms. The van der Waals surface area contributed by atoms with Crippen LogP contribution in [0.15, 0.2) is 52.4 Å². The quantitative estimate of drug-likeness (QED) is 0.389. The van der Waals surface area contributed by atoms with Gasteiger partial charge in [-0.2, -0.15) is 5.10 Å². The van der Waals surface area contributed by atoms with Gasteiger partial charge in [0.15, 0.2) is 0 Å². The number of aryl methyl sites for hydroxylation is 2. The highest BCUT2D eigenvalue weighted by atomic mass is 32.2. The van der Waals surface area contributed by atoms with E-state index in [2.05, 4.69) is 30.9 Å². The molecule has 32 heavy (non-hydrogen) atoms. The maximum absolute atomic E-state index is 12.3. The van der Waals surface area contributed by atoms with E-state index in [1.165, 1.54) is 38.5 Å². The first kappa shape index (κ1) is 21.8. The van der Waals surface area contributed by atoms with E-state index >= 15 is 0 Å². The van der Waals surface area contributed by atoms with Crippen molar-refractivity contribution < 1.29 is 4.79 Å². The van der Waals surface area contributed by atoms with E-state index in [9.17, 15) is 9.59 Å². The van der Waals surface area contributed by atoms with Crippen molar-refractivity contribution in [1.82, 2.24) is 40.3 Å². The smallest absolute Gasteiger partial charge is 0.266 e. The van der Waals surface area contributed by atoms with Gasteiger partial charge in [-0.1, -0.05) is 42.1 Å². The third-order valence-electron chi connectivity index (χ3n) is 4.48. The Morgan fingerprint density at radius 1 is 1.19 bits per heavy atom. The van der Waals surface area contributed by atoms with Crippen LogP contribution >= 0.6 is 23.1 Å². The van der Waals surface area contributed by atoms with Crippen molar-refractivity contribution in [3.8, 4) is 21.1 Å². The van der Waals surface area contributed by atoms with Gasteiger partial charge >= 0.3 is 0 Å². The lowest BCUT2D eigenvalue weighted by Gasteiger charge is -2.08. The Morgan fingerprint density at radius 2 is 2.00 bits per heavy atom. The van der Waals surface area contributed by atoms with Gasteiger partial charge in [0.25, 0.3) is 5.56 Å². The number of carbonyl (C=O) groups is 1. The normalized spacial score (nSPS) is 10.9. The second-order valence-electron chi connectivity index (χ2n) is 6.80. The Kier molecular flexibility index (Phi) is 6.71. The molecule has 1 aromatic carbocycles. The third-order valence-corrected chi connectivity index (χ3v) is 6.72. The summed E-state index contributed by atoms with van der Waals surface area (Å²) < 4.78 is 2.86. The molecule has 10 nitrogen and oxygen atoms in total. The van der Waals surface area contributed by atoms with Crippen LogP contribution in [0.3, 0.4) is 0 Å². The zero-order valence-corrected chi connectivity index (χ0v) is 19.1. The Hall–Kier alpha value is -3.38. The summed E-state index contributed by atoms with van der Waals surface area (Å²) in [6.07, 6.45) is 0. The Bertz CT molecular complexity index is 1280. The number of thioether (sulfide) groups is 1. The van der Waals surface area contributed by atoms with Crippen molar-refractivity contribution in [2.45, 2.75) is 18.6 Å². The molecular weight excluding hydrogens is 448 g/mol. The summed E-state index contributed by atoms with van der Waals surface area (Å²) in [4.78, 5) is 29.9. The van der Waals surface area contributed by atoms with Gasteiger partial charge in [0, 0.05) is 25.2 Å². The molecule has 0 aliphatic rings. The predicted octanol–water partition coefficient (Wildman–Crippen LogP) is 1.77. The summed E-state index contributed by atoms with van der Waals surface area (Å²) in [5.41, 5.74) is 2.35. The number of carbonyl (C=O) groups excluding carboxylic acids is 1. The van der Waals surface area contributed by atoms with Crippen LogP contribution in [0, 0.1) is 6.92 Å². The van der Waals surface area contributed by atoms with E-state index in [0.29, 0.717) is 10.9 Å². The highest BCUT2D eigenvalue weighted by Crippen LogP contribution is 2.33. The number of nitrogens with zero attached hydrogens (tertiary/aromatic N) is 7. The van der Waals surface area contributed by atoms with Crippen molar-refractivity contribution in [1.29, 1.82) is 0 Å². The van der Waals surface area contributed by atoms with E-state index in [-0.39, 0.29) is 30.3 Å². The molecule has 0 atom stereocenters. The molecule has 0 saturated heterocycles. The fourth-order valence-electron chi connectivity index (χ4n) is 2.89. The van der Waals surface area contributed by atoms with E-state index in [4.69, 9.17) is 0 Å². The van der Waals surface area contributed by atoms with Gasteiger partial charge in [-0.15, -0.1) is 16.4 Å². The van der Waals surface area contributed by atoms with Crippen molar-refractivity contribution in [3.05, 3.63) is 58.5 Å². The fraction of sp³-hybridized carbons (Fsp3) is 0.250. The molecule has 0 unspecified atom stereocenters. The SMILES string of the molecule is Cc1nc(-c2ccccc2)sc1-c1ccc(=O)n(CCNC(=O)CSc2nnnn2C)n1. The number of amides is 1. The van der Waals surface area contributed by atoms with Gasteiger partial charge in [-0.25, -0.2) is 14.3 Å². The molecule has 164 valence electrons. The molecular formula is C20H20N8O2S2. The molecule has 3 heterocycles. The van der Waals surface area contributed by atoms with Gasteiger partial charge in [0.05, 0.1) is 22.9 Å². The average Bonchev–Trinajstić information content (AvgIpc) is 3.39. The molecule has 4 aromatic rings. The minimum atomic E-state index is -0.229. The first-order chi connectivity index (χ1) is 15.5. The summed E-state index contributed by atoms with van der Waals surface area (Å²) in [5.74, 6) is 0.00633. The molecule has 1 N–H and O–H groups in total. The zero-order valence-electron chi connectivity index (χ0n) is 17.4. The van der Waals surface area contributed by atoms with E-state index in [0.717, 1.165) is 21.1 Å². The zero-order chi connectivity index (χ0) is 22.5. The number of aromatic nitrogens is 7. The fourth-order valence-corrected chi connectivity index (χ4v) is 4.61. The minimum Gasteiger partial charge on any atom is -0.354 e. The largest absolute Gasteiger partial charge is 0.354 e. The van der Waals surface area contributed by atoms with Gasteiger partial charge in [-0.05, 0) is 23.4 Å². The summed E-state index contributed by atoms with van der Waals surface area (Å²) in [6.45, 7) is 2.47. The monoisotopic (exact) mass is 468 g/mol. The number of thiazole rings is 1. The maximum Gasteiger partial charge on any atom is 0.266 e. The second-order valence-corrected chi connectivity index (χ2v) is 8.74. The van der Waals surface area contributed by atoms with Crippen molar-refractivity contribution in [2.24, 2.45) is 7.05 Å². The molecule has 0 aliphatic heterocycles. The highest BCUT2D eigenvalue weighted by Gasteiger charge is 2.14. The van der Waals surface area contributed by atoms with Gasteiger partial charge in [0.1, 0.15) is 10.7 Å². The number of rotatable bonds is 8. The van der Waals surface area contributed by atoms with Gasteiger partial charge in [0.2, 0.25) is 11.1 Å². The molecule has 3 aromatic heterocycles. The topological polar surface area (TPSA) is 120 Å². The Morgan fingerprint density at radius 3 is 2.75 bits per heavy atom. The Labute approximate surface area is 191 Å². The molecule has 12 heteroatoms. The molecule has 0 spiro atoms. The average molecular weight is 469 g/mol. The van der Waals surface area contributed by atoms with Gasteiger partial charge < -0.3 is 5.32 Å². The molecule has 0 radical (unpaired) electrons. The summed E-state index contributed by atoms with van der Waals surface area (Å²) >= 11 is 2.77. The number of nitrogens with one attached hydrogen (secondary N) is 1. The molecule has 1 amide bonds. The van der Waals surface area contributed by atoms with Crippen molar-refractivity contribution in [2.75, 3.05) is 12.3 Å².